The monoisotopic (exact) mass is 370 g/mol. The van der Waals surface area contributed by atoms with Gasteiger partial charge in [-0.2, -0.15) is 0 Å². The van der Waals surface area contributed by atoms with Crippen molar-refractivity contribution in [2.45, 2.75) is 30.7 Å². The summed E-state index contributed by atoms with van der Waals surface area (Å²) in [5.41, 5.74) is 0.604. The molecule has 1 aliphatic heterocycles. The van der Waals surface area contributed by atoms with Crippen LogP contribution in [0.2, 0.25) is 0 Å². The summed E-state index contributed by atoms with van der Waals surface area (Å²) in [5, 5.41) is 39.0. The molecule has 0 aliphatic carbocycles. The Balaban J connectivity index is 2.35. The van der Waals surface area contributed by atoms with E-state index in [1.807, 2.05) is 0 Å². The molecule has 0 bridgehead atoms. The first-order valence-corrected chi connectivity index (χ1v) is 7.81. The van der Waals surface area contributed by atoms with Gasteiger partial charge in [-0.05, 0) is 23.8 Å². The van der Waals surface area contributed by atoms with Crippen LogP contribution in [0.1, 0.15) is 5.56 Å². The Hall–Kier alpha value is -2.17. The quantitative estimate of drug-likeness (QED) is 0.355. The molecular weight excluding hydrogens is 348 g/mol. The molecule has 26 heavy (non-hydrogen) atoms. The molecule has 0 radical (unpaired) electrons. The number of allylic oxidation sites excluding steroid dienone is 1. The number of methoxy groups -OCH3 is 2. The predicted octanol–water partition coefficient (Wildman–Crippen LogP) is -0.905. The van der Waals surface area contributed by atoms with Crippen molar-refractivity contribution in [2.75, 3.05) is 20.8 Å². The maximum absolute atomic E-state index is 10.5. The summed E-state index contributed by atoms with van der Waals surface area (Å²) in [5.74, 6) is 0.543. The predicted molar refractivity (Wildman–Crippen MR) is 89.0 cm³/mol. The zero-order chi connectivity index (χ0) is 19.3. The third-order valence-electron chi connectivity index (χ3n) is 3.93. The molecule has 1 fully saturated rings. The lowest BCUT2D eigenvalue weighted by atomic mass is 9.99. The number of hydrogen-bond donors (Lipinski definition) is 4. The van der Waals surface area contributed by atoms with Crippen LogP contribution in [0, 0.1) is 0 Å². The molecule has 0 amide bonds. The summed E-state index contributed by atoms with van der Waals surface area (Å²) in [6.07, 6.45) is -3.67. The van der Waals surface area contributed by atoms with Gasteiger partial charge < -0.3 is 39.4 Å². The molecule has 1 aliphatic rings. The van der Waals surface area contributed by atoms with Crippen LogP contribution in [0.4, 0.5) is 0 Å². The maximum atomic E-state index is 10.5. The van der Waals surface area contributed by atoms with Crippen LogP contribution in [0.3, 0.4) is 0 Å². The lowest BCUT2D eigenvalue weighted by molar-refractivity contribution is -0.277. The van der Waals surface area contributed by atoms with E-state index in [4.69, 9.17) is 18.9 Å². The summed E-state index contributed by atoms with van der Waals surface area (Å²) < 4.78 is 21.5. The Morgan fingerprint density at radius 2 is 1.69 bits per heavy atom. The smallest absolute Gasteiger partial charge is 0.229 e. The minimum Gasteiger partial charge on any atom is -0.493 e. The van der Waals surface area contributed by atoms with Gasteiger partial charge in [0.15, 0.2) is 11.5 Å². The van der Waals surface area contributed by atoms with E-state index in [1.165, 1.54) is 26.4 Å². The van der Waals surface area contributed by atoms with Gasteiger partial charge in [-0.1, -0.05) is 6.08 Å². The lowest BCUT2D eigenvalue weighted by Crippen LogP contribution is -2.60. The average molecular weight is 370 g/mol. The van der Waals surface area contributed by atoms with Crippen LogP contribution in [0.15, 0.2) is 18.2 Å². The van der Waals surface area contributed by atoms with Crippen LogP contribution < -0.4 is 14.2 Å². The van der Waals surface area contributed by atoms with E-state index in [9.17, 15) is 25.2 Å². The third kappa shape index (κ3) is 4.14. The van der Waals surface area contributed by atoms with Gasteiger partial charge in [0.2, 0.25) is 12.0 Å². The van der Waals surface area contributed by atoms with E-state index in [0.717, 1.165) is 0 Å². The molecule has 1 aromatic rings. The number of aliphatic hydroxyl groups excluding tert-OH is 4. The Bertz CT molecular complexity index is 618. The Morgan fingerprint density at radius 1 is 1.08 bits per heavy atom. The molecule has 0 aromatic heterocycles. The second-order valence-corrected chi connectivity index (χ2v) is 5.56. The average Bonchev–Trinajstić information content (AvgIpc) is 2.66. The van der Waals surface area contributed by atoms with Crippen molar-refractivity contribution in [2.24, 2.45) is 0 Å². The number of carbonyl (C=O) groups is 1. The van der Waals surface area contributed by atoms with Crippen molar-refractivity contribution >= 4 is 12.4 Å². The second kappa shape index (κ2) is 8.97. The minimum atomic E-state index is -1.57. The number of aliphatic hydroxyl groups is 4. The molecule has 144 valence electrons. The first kappa shape index (κ1) is 20.1. The van der Waals surface area contributed by atoms with Crippen molar-refractivity contribution in [3.05, 3.63) is 23.8 Å². The minimum absolute atomic E-state index is 0.0857. The van der Waals surface area contributed by atoms with Gasteiger partial charge in [0.1, 0.15) is 30.7 Å². The molecule has 9 heteroatoms. The molecule has 1 heterocycles. The molecule has 0 unspecified atom stereocenters. The molecule has 2 rings (SSSR count). The van der Waals surface area contributed by atoms with Gasteiger partial charge in [-0.3, -0.25) is 4.79 Å². The summed E-state index contributed by atoms with van der Waals surface area (Å²) in [7, 11) is 2.78. The fourth-order valence-corrected chi connectivity index (χ4v) is 2.54. The van der Waals surface area contributed by atoms with Gasteiger partial charge in [-0.25, -0.2) is 0 Å². The topological polar surface area (TPSA) is 135 Å². The summed E-state index contributed by atoms with van der Waals surface area (Å²) >= 11 is 0. The zero-order valence-corrected chi connectivity index (χ0v) is 14.3. The highest BCUT2D eigenvalue weighted by Gasteiger charge is 2.45. The fourth-order valence-electron chi connectivity index (χ4n) is 2.54. The van der Waals surface area contributed by atoms with E-state index in [1.54, 1.807) is 12.1 Å². The molecule has 1 aromatic carbocycles. The third-order valence-corrected chi connectivity index (χ3v) is 3.93. The van der Waals surface area contributed by atoms with E-state index < -0.39 is 37.3 Å². The first-order valence-electron chi connectivity index (χ1n) is 7.81. The first-order chi connectivity index (χ1) is 12.5. The van der Waals surface area contributed by atoms with Gasteiger partial charge in [-0.15, -0.1) is 0 Å². The van der Waals surface area contributed by atoms with Crippen LogP contribution in [-0.2, 0) is 9.53 Å². The van der Waals surface area contributed by atoms with E-state index in [-0.39, 0.29) is 17.2 Å². The molecule has 9 nitrogen and oxygen atoms in total. The van der Waals surface area contributed by atoms with E-state index >= 15 is 0 Å². The summed E-state index contributed by atoms with van der Waals surface area (Å²) in [6, 6.07) is 3.14. The molecule has 0 saturated carbocycles. The van der Waals surface area contributed by atoms with E-state index in [0.29, 0.717) is 11.8 Å². The van der Waals surface area contributed by atoms with Crippen molar-refractivity contribution in [1.82, 2.24) is 0 Å². The van der Waals surface area contributed by atoms with Crippen LogP contribution in [-0.4, -0.2) is 78.2 Å². The largest absolute Gasteiger partial charge is 0.493 e. The molecule has 0 spiro atoms. The van der Waals surface area contributed by atoms with Gasteiger partial charge in [0.05, 0.1) is 20.8 Å². The van der Waals surface area contributed by atoms with E-state index in [2.05, 4.69) is 0 Å². The van der Waals surface area contributed by atoms with Crippen LogP contribution >= 0.6 is 0 Å². The highest BCUT2D eigenvalue weighted by molar-refractivity contribution is 5.75. The lowest BCUT2D eigenvalue weighted by Gasteiger charge is -2.39. The molecule has 1 saturated heterocycles. The number of aldehydes is 1. The van der Waals surface area contributed by atoms with Gasteiger partial charge in [0, 0.05) is 0 Å². The Labute approximate surface area is 150 Å². The SMILES string of the molecule is COc1cc(/C=C/C=O)cc(OC)c1O[C@@H]1O[C@H](CO)[C@@H](O)[C@H](O)[C@H]1O. The van der Waals surface area contributed by atoms with Crippen molar-refractivity contribution in [1.29, 1.82) is 0 Å². The molecule has 5 atom stereocenters. The molecular formula is C17H22O9. The second-order valence-electron chi connectivity index (χ2n) is 5.56. The zero-order valence-electron chi connectivity index (χ0n) is 14.3. The van der Waals surface area contributed by atoms with Crippen molar-refractivity contribution in [3.63, 3.8) is 0 Å². The van der Waals surface area contributed by atoms with Crippen LogP contribution in [0.25, 0.3) is 6.08 Å². The van der Waals surface area contributed by atoms with Crippen molar-refractivity contribution in [3.8, 4) is 17.2 Å². The fraction of sp³-hybridized carbons (Fsp3) is 0.471. The van der Waals surface area contributed by atoms with Gasteiger partial charge >= 0.3 is 0 Å². The summed E-state index contributed by atoms with van der Waals surface area (Å²) in [6.45, 7) is -0.575. The number of hydrogen-bond acceptors (Lipinski definition) is 9. The maximum Gasteiger partial charge on any atom is 0.229 e. The number of benzene rings is 1. The van der Waals surface area contributed by atoms with Crippen molar-refractivity contribution < 1.29 is 44.2 Å². The summed E-state index contributed by atoms with van der Waals surface area (Å²) in [4.78, 5) is 10.5. The Morgan fingerprint density at radius 3 is 2.19 bits per heavy atom. The highest BCUT2D eigenvalue weighted by atomic mass is 16.7. The molecule has 4 N–H and O–H groups in total. The Kier molecular flexibility index (Phi) is 6.95. The highest BCUT2D eigenvalue weighted by Crippen LogP contribution is 2.40. The number of ether oxygens (including phenoxy) is 4. The van der Waals surface area contributed by atoms with Gasteiger partial charge in [0.25, 0.3) is 0 Å². The number of carbonyl (C=O) groups excluding carboxylic acids is 1. The number of rotatable bonds is 7. The normalized spacial score (nSPS) is 28.8. The standard InChI is InChI=1S/C17H22O9/c1-23-10-6-9(4-3-5-18)7-11(24-2)16(10)26-17-15(22)14(21)13(20)12(8-19)25-17/h3-7,12-15,17,19-22H,8H2,1-2H3/b4-3+/t12-,13-,14+,15-,17+/m1/s1. The van der Waals surface area contributed by atoms with Crippen LogP contribution in [0.5, 0.6) is 17.2 Å².